The van der Waals surface area contributed by atoms with E-state index >= 15 is 4.39 Å². The van der Waals surface area contributed by atoms with E-state index in [0.717, 1.165) is 6.07 Å². The van der Waals surface area contributed by atoms with Crippen molar-refractivity contribution < 1.29 is 23.1 Å². The number of piperazine rings is 1. The summed E-state index contributed by atoms with van der Waals surface area (Å²) >= 11 is 1.31. The largest absolute Gasteiger partial charge is 0.520 e. The molecular weight excluding hydrogens is 441 g/mol. The maximum atomic E-state index is 15.2. The summed E-state index contributed by atoms with van der Waals surface area (Å²) in [6.45, 7) is 6.89. The lowest BCUT2D eigenvalue weighted by molar-refractivity contribution is 0.0689. The van der Waals surface area contributed by atoms with Gasteiger partial charge in [-0.1, -0.05) is 11.8 Å². The summed E-state index contributed by atoms with van der Waals surface area (Å²) in [6.07, 6.45) is 0. The lowest BCUT2D eigenvalue weighted by atomic mass is 10.1. The monoisotopic (exact) mass is 461 g/mol. The van der Waals surface area contributed by atoms with E-state index in [1.165, 1.54) is 11.8 Å². The van der Waals surface area contributed by atoms with Crippen LogP contribution >= 0.6 is 11.8 Å². The second-order valence-corrected chi connectivity index (χ2v) is 9.33. The Labute approximate surface area is 185 Å². The normalized spacial score (nSPS) is 20.4. The number of aromatic nitrogens is 1. The number of hydrogen-bond acceptors (Lipinski definition) is 8. The Morgan fingerprint density at radius 1 is 1.22 bits per heavy atom. The number of rotatable bonds is 3. The molecule has 1 N–H and O–H groups in total. The first-order valence-corrected chi connectivity index (χ1v) is 11.0. The van der Waals surface area contributed by atoms with Crippen LogP contribution in [0.15, 0.2) is 35.6 Å². The number of nitrogens with zero attached hydrogens (tertiary/aromatic N) is 3. The molecule has 9 nitrogen and oxygen atoms in total. The van der Waals surface area contributed by atoms with Gasteiger partial charge in [0.1, 0.15) is 11.4 Å². The Morgan fingerprint density at radius 3 is 2.56 bits per heavy atom. The molecule has 1 saturated heterocycles. The average Bonchev–Trinajstić information content (AvgIpc) is 3.05. The minimum absolute atomic E-state index is 0.0571. The Hall–Kier alpha value is -3.21. The molecule has 1 aromatic carbocycles. The van der Waals surface area contributed by atoms with Gasteiger partial charge < -0.3 is 28.3 Å². The van der Waals surface area contributed by atoms with Crippen LogP contribution in [0.2, 0.25) is 0 Å². The van der Waals surface area contributed by atoms with Crippen molar-refractivity contribution in [1.82, 2.24) is 4.57 Å². The molecule has 3 aromatic rings. The number of fused-ring (bicyclic) bond motifs is 3. The van der Waals surface area contributed by atoms with Crippen LogP contribution in [0.4, 0.5) is 16.0 Å². The van der Waals surface area contributed by atoms with Gasteiger partial charge in [0.05, 0.1) is 21.6 Å². The molecule has 5 rings (SSSR count). The van der Waals surface area contributed by atoms with Crippen molar-refractivity contribution in [2.45, 2.75) is 37.2 Å². The second-order valence-electron chi connectivity index (χ2n) is 8.03. The molecule has 0 aliphatic carbocycles. The van der Waals surface area contributed by atoms with Gasteiger partial charge >= 0.3 is 11.8 Å². The zero-order valence-electron chi connectivity index (χ0n) is 17.5. The minimum Gasteiger partial charge on any atom is -0.477 e. The fourth-order valence-electron chi connectivity index (χ4n) is 4.57. The molecule has 1 fully saturated rings. The highest BCUT2D eigenvalue weighted by molar-refractivity contribution is 8.00. The Kier molecular flexibility index (Phi) is 4.63. The third kappa shape index (κ3) is 2.94. The van der Waals surface area contributed by atoms with Crippen LogP contribution < -0.4 is 21.1 Å². The number of aryl methyl sites for hydroxylation is 1. The molecule has 11 heteroatoms. The van der Waals surface area contributed by atoms with Gasteiger partial charge in [-0.25, -0.2) is 14.0 Å². The molecule has 168 valence electrons. The molecule has 32 heavy (non-hydrogen) atoms. The Morgan fingerprint density at radius 2 is 1.97 bits per heavy atom. The van der Waals surface area contributed by atoms with E-state index in [-0.39, 0.29) is 22.4 Å². The summed E-state index contributed by atoms with van der Waals surface area (Å²) in [6, 6.07) is 2.64. The molecule has 0 amide bonds. The highest BCUT2D eigenvalue weighted by Crippen LogP contribution is 2.46. The van der Waals surface area contributed by atoms with Crippen molar-refractivity contribution in [2.75, 3.05) is 29.4 Å². The van der Waals surface area contributed by atoms with Gasteiger partial charge in [0, 0.05) is 31.1 Å². The van der Waals surface area contributed by atoms with Gasteiger partial charge in [-0.05, 0) is 32.9 Å². The van der Waals surface area contributed by atoms with Crippen LogP contribution in [0.5, 0.6) is 0 Å². The number of benzene rings is 1. The van der Waals surface area contributed by atoms with E-state index in [1.807, 2.05) is 23.6 Å². The number of halogens is 1. The zero-order chi connectivity index (χ0) is 22.9. The van der Waals surface area contributed by atoms with Crippen LogP contribution in [0.1, 0.15) is 35.3 Å². The third-order valence-electron chi connectivity index (χ3n) is 6.03. The molecule has 0 bridgehead atoms. The molecule has 0 radical (unpaired) electrons. The lowest BCUT2D eigenvalue weighted by Crippen LogP contribution is -2.52. The number of anilines is 2. The number of aromatic carboxylic acids is 1. The zero-order valence-corrected chi connectivity index (χ0v) is 18.4. The number of thioether (sulfide) groups is 1. The first-order chi connectivity index (χ1) is 15.2. The Balaban J connectivity index is 1.56. The quantitative estimate of drug-likeness (QED) is 0.629. The van der Waals surface area contributed by atoms with E-state index in [2.05, 4.69) is 0 Å². The van der Waals surface area contributed by atoms with Crippen molar-refractivity contribution in [1.29, 1.82) is 0 Å². The van der Waals surface area contributed by atoms with Crippen molar-refractivity contribution in [3.63, 3.8) is 0 Å². The molecule has 0 unspecified atom stereocenters. The fraction of sp³-hybridized carbons (Fsp3) is 0.381. The van der Waals surface area contributed by atoms with Crippen LogP contribution in [0.3, 0.4) is 0 Å². The van der Waals surface area contributed by atoms with Crippen molar-refractivity contribution >= 4 is 40.2 Å². The van der Waals surface area contributed by atoms with Crippen molar-refractivity contribution in [2.24, 2.45) is 0 Å². The first-order valence-electron chi connectivity index (χ1n) is 10.1. The van der Waals surface area contributed by atoms with Crippen LogP contribution in [0, 0.1) is 12.7 Å². The van der Waals surface area contributed by atoms with Gasteiger partial charge in [-0.3, -0.25) is 4.79 Å². The van der Waals surface area contributed by atoms with E-state index in [4.69, 9.17) is 8.83 Å². The predicted octanol–water partition coefficient (Wildman–Crippen LogP) is 3.03. The number of carboxylic acids is 1. The summed E-state index contributed by atoms with van der Waals surface area (Å²) in [5.41, 5.74) is -0.126. The first kappa shape index (κ1) is 20.7. The minimum atomic E-state index is -1.31. The van der Waals surface area contributed by atoms with Gasteiger partial charge in [-0.15, -0.1) is 0 Å². The lowest BCUT2D eigenvalue weighted by Gasteiger charge is -2.41. The molecular formula is C21H20FN3O6S. The van der Waals surface area contributed by atoms with Crippen LogP contribution in [-0.2, 0) is 0 Å². The number of hydrogen-bond donors (Lipinski definition) is 1. The summed E-state index contributed by atoms with van der Waals surface area (Å²) in [5, 5.41) is 9.87. The third-order valence-corrected chi connectivity index (χ3v) is 7.21. The fourth-order valence-corrected chi connectivity index (χ4v) is 5.73. The SMILES string of the molecule is Cc1oc(=O)oc1N1CCN(c2cc3c(cc2F)c(=O)c(C(=O)O)c2n3[C@@H](C)S2)[C@@H](C)C1. The van der Waals surface area contributed by atoms with Crippen molar-refractivity contribution in [3.8, 4) is 0 Å². The van der Waals surface area contributed by atoms with E-state index in [1.54, 1.807) is 17.6 Å². The van der Waals surface area contributed by atoms with Gasteiger partial charge in [0.2, 0.25) is 11.3 Å². The number of carboxylic acid groups (broad SMARTS) is 1. The second kappa shape index (κ2) is 7.16. The van der Waals surface area contributed by atoms with E-state index in [9.17, 15) is 19.5 Å². The van der Waals surface area contributed by atoms with Gasteiger partial charge in [-0.2, -0.15) is 0 Å². The summed E-state index contributed by atoms with van der Waals surface area (Å²) in [5.74, 6) is -1.88. The maximum Gasteiger partial charge on any atom is 0.520 e. The molecule has 0 spiro atoms. The van der Waals surface area contributed by atoms with Crippen LogP contribution in [0.25, 0.3) is 10.9 Å². The molecule has 0 saturated carbocycles. The molecule has 2 aliphatic heterocycles. The van der Waals surface area contributed by atoms with Gasteiger partial charge in [0.25, 0.3) is 0 Å². The highest BCUT2D eigenvalue weighted by atomic mass is 32.2. The summed E-state index contributed by atoms with van der Waals surface area (Å²) in [4.78, 5) is 39.6. The summed E-state index contributed by atoms with van der Waals surface area (Å²) in [7, 11) is 0. The smallest absolute Gasteiger partial charge is 0.477 e. The number of pyridine rings is 1. The van der Waals surface area contributed by atoms with Gasteiger partial charge in [0.15, 0.2) is 5.76 Å². The molecule has 2 aliphatic rings. The topological polar surface area (TPSA) is 109 Å². The molecule has 2 aromatic heterocycles. The predicted molar refractivity (Wildman–Crippen MR) is 117 cm³/mol. The standard InChI is InChI=1S/C21H20FN3O6S/c1-9-8-23(18-10(2)30-21(29)31-18)4-5-24(9)15-7-14-12(6-13(15)22)17(26)16(20(27)28)19-25(14)11(3)32-19/h6-7,9,11H,4-5,8H2,1-3H3,(H,27,28)/t9-,11+/m0/s1. The van der Waals surface area contributed by atoms with E-state index in [0.29, 0.717) is 47.5 Å². The maximum absolute atomic E-state index is 15.2. The average molecular weight is 461 g/mol. The number of carbonyl (C=O) groups is 1. The summed E-state index contributed by atoms with van der Waals surface area (Å²) < 4.78 is 27.1. The molecule has 2 atom stereocenters. The molecule has 4 heterocycles. The van der Waals surface area contributed by atoms with Crippen molar-refractivity contribution in [3.05, 3.63) is 50.1 Å². The van der Waals surface area contributed by atoms with E-state index < -0.39 is 23.0 Å². The Bertz CT molecular complexity index is 1390. The highest BCUT2D eigenvalue weighted by Gasteiger charge is 2.34. The van der Waals surface area contributed by atoms with Crippen LogP contribution in [-0.4, -0.2) is 41.3 Å².